The summed E-state index contributed by atoms with van der Waals surface area (Å²) < 4.78 is 16.5. The number of amides is 1. The van der Waals surface area contributed by atoms with Gasteiger partial charge in [-0.1, -0.05) is 30.3 Å². The molecule has 3 aromatic rings. The molecule has 7 nitrogen and oxygen atoms in total. The molecule has 2 aromatic carbocycles. The number of carbonyl (C=O) groups excluding carboxylic acids is 2. The molecule has 0 unspecified atom stereocenters. The fourth-order valence-electron chi connectivity index (χ4n) is 4.46. The SMILES string of the molecule is CCOC(=O)c1nc(CN(CCCc2ccccc2)C(=O)c2cc(OC)c(C3CC3)c(OC)c2)sc1C. The van der Waals surface area contributed by atoms with Crippen LogP contribution in [-0.2, 0) is 17.7 Å². The number of esters is 1. The summed E-state index contributed by atoms with van der Waals surface area (Å²) in [5, 5.41) is 0.696. The first-order valence-corrected chi connectivity index (χ1v) is 13.5. The number of hydrogen-bond acceptors (Lipinski definition) is 7. The molecule has 0 aliphatic heterocycles. The molecule has 196 valence electrons. The molecule has 1 heterocycles. The fourth-order valence-corrected chi connectivity index (χ4v) is 5.40. The number of benzene rings is 2. The van der Waals surface area contributed by atoms with Gasteiger partial charge in [0, 0.05) is 22.5 Å². The van der Waals surface area contributed by atoms with Crippen LogP contribution in [0.4, 0.5) is 0 Å². The van der Waals surface area contributed by atoms with Crippen LogP contribution >= 0.6 is 11.3 Å². The molecule has 0 saturated heterocycles. The van der Waals surface area contributed by atoms with Crippen LogP contribution in [0, 0.1) is 6.92 Å². The van der Waals surface area contributed by atoms with Crippen molar-refractivity contribution in [1.82, 2.24) is 9.88 Å². The van der Waals surface area contributed by atoms with Crippen LogP contribution in [0.25, 0.3) is 0 Å². The molecule has 0 bridgehead atoms. The molecule has 1 fully saturated rings. The van der Waals surface area contributed by atoms with E-state index in [0.29, 0.717) is 46.8 Å². The molecule has 1 aromatic heterocycles. The topological polar surface area (TPSA) is 78.0 Å². The van der Waals surface area contributed by atoms with Crippen molar-refractivity contribution < 1.29 is 23.8 Å². The molecule has 1 saturated carbocycles. The minimum atomic E-state index is -0.436. The predicted molar refractivity (Wildman–Crippen MR) is 144 cm³/mol. The fraction of sp³-hybridized carbons (Fsp3) is 0.414. The number of carbonyl (C=O) groups is 2. The van der Waals surface area contributed by atoms with Gasteiger partial charge in [0.25, 0.3) is 5.91 Å². The maximum absolute atomic E-state index is 13.9. The summed E-state index contributed by atoms with van der Waals surface area (Å²) >= 11 is 1.41. The minimum Gasteiger partial charge on any atom is -0.496 e. The van der Waals surface area contributed by atoms with Crippen LogP contribution in [0.15, 0.2) is 42.5 Å². The molecule has 0 N–H and O–H groups in total. The Balaban J connectivity index is 1.60. The zero-order valence-corrected chi connectivity index (χ0v) is 22.7. The van der Waals surface area contributed by atoms with Crippen molar-refractivity contribution in [2.75, 3.05) is 27.4 Å². The lowest BCUT2D eigenvalue weighted by atomic mass is 10.0. The van der Waals surface area contributed by atoms with E-state index in [0.717, 1.165) is 36.1 Å². The third-order valence-corrected chi connectivity index (χ3v) is 7.39. The second-order valence-electron chi connectivity index (χ2n) is 9.12. The highest BCUT2D eigenvalue weighted by atomic mass is 32.1. The zero-order chi connectivity index (χ0) is 26.4. The van der Waals surface area contributed by atoms with Gasteiger partial charge in [-0.3, -0.25) is 4.79 Å². The largest absolute Gasteiger partial charge is 0.496 e. The quantitative estimate of drug-likeness (QED) is 0.280. The number of thiazole rings is 1. The van der Waals surface area contributed by atoms with Gasteiger partial charge >= 0.3 is 5.97 Å². The highest BCUT2D eigenvalue weighted by molar-refractivity contribution is 7.11. The summed E-state index contributed by atoms with van der Waals surface area (Å²) in [5.41, 5.74) is 3.08. The van der Waals surface area contributed by atoms with E-state index in [1.807, 2.05) is 37.3 Å². The summed E-state index contributed by atoms with van der Waals surface area (Å²) in [6.45, 7) is 4.74. The Morgan fingerprint density at radius 1 is 1.08 bits per heavy atom. The third kappa shape index (κ3) is 6.49. The lowest BCUT2D eigenvalue weighted by molar-refractivity contribution is 0.0519. The number of ether oxygens (including phenoxy) is 3. The lowest BCUT2D eigenvalue weighted by Crippen LogP contribution is -2.32. The lowest BCUT2D eigenvalue weighted by Gasteiger charge is -2.23. The van der Waals surface area contributed by atoms with Gasteiger partial charge in [-0.05, 0) is 63.1 Å². The molecular weight excluding hydrogens is 488 g/mol. The van der Waals surface area contributed by atoms with E-state index < -0.39 is 5.97 Å². The third-order valence-electron chi connectivity index (χ3n) is 6.44. The maximum atomic E-state index is 13.9. The molecular formula is C29H34N2O5S. The first kappa shape index (κ1) is 26.7. The number of aromatic nitrogens is 1. The zero-order valence-electron chi connectivity index (χ0n) is 21.9. The highest BCUT2D eigenvalue weighted by Crippen LogP contribution is 2.49. The van der Waals surface area contributed by atoms with Crippen molar-refractivity contribution in [3.05, 3.63) is 74.7 Å². The van der Waals surface area contributed by atoms with Gasteiger partial charge in [-0.25, -0.2) is 9.78 Å². The minimum absolute atomic E-state index is 0.127. The Morgan fingerprint density at radius 2 is 1.76 bits per heavy atom. The second-order valence-corrected chi connectivity index (χ2v) is 10.4. The van der Waals surface area contributed by atoms with Crippen molar-refractivity contribution in [3.63, 3.8) is 0 Å². The van der Waals surface area contributed by atoms with Gasteiger partial charge in [-0.2, -0.15) is 0 Å². The standard InChI is InChI=1S/C29H34N2O5S/c1-5-36-29(33)27-19(2)37-25(30-27)18-31(15-9-12-20-10-7-6-8-11-20)28(32)22-16-23(34-3)26(21-13-14-21)24(17-22)35-4/h6-8,10-11,16-17,21H,5,9,12-15,18H2,1-4H3. The van der Waals surface area contributed by atoms with Gasteiger partial charge in [0.2, 0.25) is 0 Å². The molecule has 1 aliphatic carbocycles. The normalized spacial score (nSPS) is 12.8. The van der Waals surface area contributed by atoms with Gasteiger partial charge in [0.1, 0.15) is 16.5 Å². The summed E-state index contributed by atoms with van der Waals surface area (Å²) in [5.74, 6) is 1.22. The Kier molecular flexibility index (Phi) is 8.82. The molecule has 4 rings (SSSR count). The van der Waals surface area contributed by atoms with Crippen molar-refractivity contribution in [3.8, 4) is 11.5 Å². The molecule has 1 aliphatic rings. The van der Waals surface area contributed by atoms with Crippen molar-refractivity contribution >= 4 is 23.2 Å². The van der Waals surface area contributed by atoms with Crippen LogP contribution in [0.3, 0.4) is 0 Å². The van der Waals surface area contributed by atoms with Crippen LogP contribution in [0.5, 0.6) is 11.5 Å². The van der Waals surface area contributed by atoms with Crippen molar-refractivity contribution in [1.29, 1.82) is 0 Å². The number of rotatable bonds is 12. The summed E-state index contributed by atoms with van der Waals surface area (Å²) in [6.07, 6.45) is 3.83. The average molecular weight is 523 g/mol. The van der Waals surface area contributed by atoms with Gasteiger partial charge in [0.15, 0.2) is 5.69 Å². The summed E-state index contributed by atoms with van der Waals surface area (Å²) in [6, 6.07) is 13.9. The van der Waals surface area contributed by atoms with Gasteiger partial charge in [0.05, 0.1) is 27.4 Å². The number of hydrogen-bond donors (Lipinski definition) is 0. The first-order valence-electron chi connectivity index (χ1n) is 12.7. The molecule has 37 heavy (non-hydrogen) atoms. The van der Waals surface area contributed by atoms with Crippen molar-refractivity contribution in [2.45, 2.75) is 52.0 Å². The van der Waals surface area contributed by atoms with Crippen LogP contribution in [0.1, 0.15) is 74.0 Å². The van der Waals surface area contributed by atoms with E-state index in [1.165, 1.54) is 16.9 Å². The smallest absolute Gasteiger partial charge is 0.358 e. The Morgan fingerprint density at radius 3 is 2.35 bits per heavy atom. The average Bonchev–Trinajstić information content (AvgIpc) is 3.69. The Bertz CT molecular complexity index is 1210. The predicted octanol–water partition coefficient (Wildman–Crippen LogP) is 5.80. The Labute approximate surface area is 222 Å². The van der Waals surface area contributed by atoms with Crippen molar-refractivity contribution in [2.24, 2.45) is 0 Å². The van der Waals surface area contributed by atoms with Crippen LogP contribution < -0.4 is 9.47 Å². The molecule has 1 amide bonds. The number of methoxy groups -OCH3 is 2. The molecule has 0 atom stereocenters. The van der Waals surface area contributed by atoms with Crippen LogP contribution in [0.2, 0.25) is 0 Å². The van der Waals surface area contributed by atoms with Gasteiger partial charge < -0.3 is 19.1 Å². The summed E-state index contributed by atoms with van der Waals surface area (Å²) in [4.78, 5) is 33.2. The van der Waals surface area contributed by atoms with E-state index in [2.05, 4.69) is 17.1 Å². The van der Waals surface area contributed by atoms with Crippen LogP contribution in [-0.4, -0.2) is 49.1 Å². The number of aryl methyl sites for hydroxylation is 2. The van der Waals surface area contributed by atoms with E-state index in [-0.39, 0.29) is 12.5 Å². The van der Waals surface area contributed by atoms with E-state index in [4.69, 9.17) is 14.2 Å². The summed E-state index contributed by atoms with van der Waals surface area (Å²) in [7, 11) is 3.25. The second kappa shape index (κ2) is 12.2. The van der Waals surface area contributed by atoms with E-state index >= 15 is 0 Å². The number of nitrogens with zero attached hydrogens (tertiary/aromatic N) is 2. The molecule has 8 heteroatoms. The molecule has 0 radical (unpaired) electrons. The van der Waals surface area contributed by atoms with Gasteiger partial charge in [-0.15, -0.1) is 11.3 Å². The van der Waals surface area contributed by atoms with E-state index in [1.54, 1.807) is 26.0 Å². The monoisotopic (exact) mass is 522 g/mol. The first-order chi connectivity index (χ1) is 17.9. The van der Waals surface area contributed by atoms with E-state index in [9.17, 15) is 9.59 Å². The molecule has 0 spiro atoms. The Hall–Kier alpha value is -3.39. The highest BCUT2D eigenvalue weighted by Gasteiger charge is 2.32. The maximum Gasteiger partial charge on any atom is 0.358 e.